The number of azide groups is 1. The van der Waals surface area contributed by atoms with Gasteiger partial charge in [-0.25, -0.2) is 0 Å². The minimum atomic E-state index is 0.193. The van der Waals surface area contributed by atoms with Gasteiger partial charge in [0.05, 0.1) is 4.91 Å². The molecule has 0 fully saturated rings. The highest BCUT2D eigenvalue weighted by Gasteiger charge is 2.13. The second-order valence-corrected chi connectivity index (χ2v) is 3.67. The van der Waals surface area contributed by atoms with Crippen molar-refractivity contribution in [2.45, 2.75) is 39.2 Å². The third kappa shape index (κ3) is 5.38. The van der Waals surface area contributed by atoms with E-state index in [4.69, 9.17) is 5.53 Å². The van der Waals surface area contributed by atoms with Crippen LogP contribution in [0.15, 0.2) is 17.9 Å². The molecule has 0 spiro atoms. The predicted octanol–water partition coefficient (Wildman–Crippen LogP) is 3.31. The van der Waals surface area contributed by atoms with E-state index in [0.29, 0.717) is 5.92 Å². The molecule has 0 bridgehead atoms. The van der Waals surface area contributed by atoms with Crippen LogP contribution >= 0.6 is 0 Å². The van der Waals surface area contributed by atoms with Crippen molar-refractivity contribution in [3.8, 4) is 0 Å². The van der Waals surface area contributed by atoms with Crippen LogP contribution in [0.1, 0.15) is 33.1 Å². The number of rotatable bonds is 7. The second kappa shape index (κ2) is 7.15. The Kier molecular flexibility index (Phi) is 6.50. The monoisotopic (exact) mass is 195 g/mol. The van der Waals surface area contributed by atoms with Crippen molar-refractivity contribution in [2.24, 2.45) is 11.1 Å². The fourth-order valence-electron chi connectivity index (χ4n) is 1.22. The molecule has 0 N–H and O–H groups in total. The maximum atomic E-state index is 8.21. The lowest BCUT2D eigenvalue weighted by Gasteiger charge is -2.09. The average molecular weight is 195 g/mol. The number of nitrogens with zero attached hydrogens (tertiary/aromatic N) is 4. The van der Waals surface area contributed by atoms with Gasteiger partial charge in [-0.2, -0.15) is 0 Å². The molecule has 0 radical (unpaired) electrons. The molecule has 2 atom stereocenters. The Labute approximate surface area is 85.5 Å². The Morgan fingerprint density at radius 1 is 1.50 bits per heavy atom. The summed E-state index contributed by atoms with van der Waals surface area (Å²) < 4.78 is 1.42. The maximum Gasteiger partial charge on any atom is 0.197 e. The SMILES string of the molecule is C=CCC(C)CC[C@@H](C)[N+](=C)N=[N+]=[N-]. The molecule has 0 heterocycles. The molecule has 0 rings (SSSR count). The molecule has 4 heteroatoms. The van der Waals surface area contributed by atoms with Crippen molar-refractivity contribution in [3.63, 3.8) is 0 Å². The van der Waals surface area contributed by atoms with Crippen molar-refractivity contribution in [2.75, 3.05) is 0 Å². The van der Waals surface area contributed by atoms with Gasteiger partial charge >= 0.3 is 0 Å². The number of hydrogen-bond acceptors (Lipinski definition) is 1. The van der Waals surface area contributed by atoms with Crippen LogP contribution < -0.4 is 0 Å². The third-order valence-corrected chi connectivity index (χ3v) is 2.31. The van der Waals surface area contributed by atoms with Crippen LogP contribution in [0, 0.1) is 5.92 Å². The Bertz CT molecular complexity index is 241. The van der Waals surface area contributed by atoms with Gasteiger partial charge in [-0.15, -0.1) is 11.3 Å². The Hall–Kier alpha value is -1.28. The summed E-state index contributed by atoms with van der Waals surface area (Å²) in [5.74, 6) is 0.634. The molecule has 0 amide bonds. The minimum absolute atomic E-state index is 0.193. The first kappa shape index (κ1) is 12.7. The summed E-state index contributed by atoms with van der Waals surface area (Å²) in [6, 6.07) is 0.193. The summed E-state index contributed by atoms with van der Waals surface area (Å²) in [7, 11) is 0. The number of allylic oxidation sites excluding steroid dienone is 1. The second-order valence-electron chi connectivity index (χ2n) is 3.67. The van der Waals surface area contributed by atoms with Crippen LogP contribution in [0.3, 0.4) is 0 Å². The first-order valence-corrected chi connectivity index (χ1v) is 4.87. The van der Waals surface area contributed by atoms with E-state index in [2.05, 4.69) is 30.4 Å². The van der Waals surface area contributed by atoms with Crippen molar-refractivity contribution < 1.29 is 4.68 Å². The van der Waals surface area contributed by atoms with E-state index < -0.39 is 0 Å². The highest BCUT2D eigenvalue weighted by atomic mass is 15.5. The van der Waals surface area contributed by atoms with E-state index in [1.807, 2.05) is 13.0 Å². The number of hydrogen-bond donors (Lipinski definition) is 0. The predicted molar refractivity (Wildman–Crippen MR) is 59.2 cm³/mol. The van der Waals surface area contributed by atoms with Gasteiger partial charge in [0.15, 0.2) is 11.3 Å². The first-order chi connectivity index (χ1) is 6.61. The summed E-state index contributed by atoms with van der Waals surface area (Å²) in [4.78, 5) is 2.69. The van der Waals surface area contributed by atoms with Gasteiger partial charge in [-0.1, -0.05) is 13.0 Å². The average Bonchev–Trinajstić information content (AvgIpc) is 2.15. The molecule has 0 aromatic heterocycles. The standard InChI is InChI=1S/C10H19N4/c1-5-6-9(2)7-8-10(3)14(4)13-12-11/h5,9-10H,1,4,6-8H2,2-3H3/q+1/t9?,10-/m1/s1. The van der Waals surface area contributed by atoms with E-state index in [9.17, 15) is 0 Å². The largest absolute Gasteiger partial charge is 0.197 e. The molecule has 0 saturated carbocycles. The van der Waals surface area contributed by atoms with Crippen LogP contribution in [0.5, 0.6) is 0 Å². The van der Waals surface area contributed by atoms with Crippen molar-refractivity contribution in [1.29, 1.82) is 0 Å². The Balaban J connectivity index is 3.83. The molecule has 0 aromatic rings. The first-order valence-electron chi connectivity index (χ1n) is 4.87. The third-order valence-electron chi connectivity index (χ3n) is 2.31. The van der Waals surface area contributed by atoms with Gasteiger partial charge in [-0.3, -0.25) is 0 Å². The zero-order valence-electron chi connectivity index (χ0n) is 9.06. The maximum absolute atomic E-state index is 8.21. The van der Waals surface area contributed by atoms with E-state index in [-0.39, 0.29) is 6.04 Å². The van der Waals surface area contributed by atoms with E-state index in [1.54, 1.807) is 0 Å². The van der Waals surface area contributed by atoms with E-state index in [1.165, 1.54) is 4.68 Å². The minimum Gasteiger partial charge on any atom is -0.120 e. The lowest BCUT2D eigenvalue weighted by atomic mass is 9.99. The highest BCUT2D eigenvalue weighted by molar-refractivity contribution is 5.14. The van der Waals surface area contributed by atoms with Crippen molar-refractivity contribution in [1.82, 2.24) is 0 Å². The van der Waals surface area contributed by atoms with E-state index >= 15 is 0 Å². The summed E-state index contributed by atoms with van der Waals surface area (Å²) in [5.41, 5.74) is 8.21. The zero-order chi connectivity index (χ0) is 11.0. The molecule has 1 unspecified atom stereocenters. The van der Waals surface area contributed by atoms with Crippen molar-refractivity contribution in [3.05, 3.63) is 23.1 Å². The summed E-state index contributed by atoms with van der Waals surface area (Å²) in [5, 5.41) is 3.43. The van der Waals surface area contributed by atoms with Crippen LogP contribution in [-0.2, 0) is 0 Å². The molecular weight excluding hydrogens is 176 g/mol. The van der Waals surface area contributed by atoms with Crippen LogP contribution in [0.4, 0.5) is 0 Å². The van der Waals surface area contributed by atoms with Crippen molar-refractivity contribution >= 4 is 6.72 Å². The normalized spacial score (nSPS) is 13.9. The summed E-state index contributed by atoms with van der Waals surface area (Å²) >= 11 is 0. The fourth-order valence-corrected chi connectivity index (χ4v) is 1.22. The molecule has 0 aliphatic rings. The molecule has 0 saturated heterocycles. The quantitative estimate of drug-likeness (QED) is 0.114. The van der Waals surface area contributed by atoms with Gasteiger partial charge in [0.1, 0.15) is 6.72 Å². The smallest absolute Gasteiger partial charge is 0.120 e. The van der Waals surface area contributed by atoms with Gasteiger partial charge in [0, 0.05) is 12.0 Å². The molecular formula is C10H19N4+. The van der Waals surface area contributed by atoms with Crippen LogP contribution in [0.25, 0.3) is 10.4 Å². The zero-order valence-corrected chi connectivity index (χ0v) is 9.06. The Morgan fingerprint density at radius 3 is 2.64 bits per heavy atom. The topological polar surface area (TPSA) is 51.8 Å². The van der Waals surface area contributed by atoms with Gasteiger partial charge in [-0.05, 0) is 25.7 Å². The van der Waals surface area contributed by atoms with Crippen LogP contribution in [0.2, 0.25) is 0 Å². The molecule has 0 aromatic carbocycles. The molecule has 4 nitrogen and oxygen atoms in total. The van der Waals surface area contributed by atoms with Gasteiger partial charge in [0.25, 0.3) is 0 Å². The highest BCUT2D eigenvalue weighted by Crippen LogP contribution is 2.13. The lowest BCUT2D eigenvalue weighted by Crippen LogP contribution is -2.17. The molecule has 14 heavy (non-hydrogen) atoms. The molecule has 78 valence electrons. The lowest BCUT2D eigenvalue weighted by molar-refractivity contribution is -0.563. The van der Waals surface area contributed by atoms with Crippen LogP contribution in [-0.4, -0.2) is 17.4 Å². The summed E-state index contributed by atoms with van der Waals surface area (Å²) in [6.45, 7) is 11.5. The van der Waals surface area contributed by atoms with Gasteiger partial charge < -0.3 is 0 Å². The van der Waals surface area contributed by atoms with E-state index in [0.717, 1.165) is 19.3 Å². The molecule has 0 aliphatic carbocycles. The molecule has 0 aliphatic heterocycles. The fraction of sp³-hybridized carbons (Fsp3) is 0.700. The Morgan fingerprint density at radius 2 is 2.14 bits per heavy atom. The van der Waals surface area contributed by atoms with Gasteiger partial charge in [0.2, 0.25) is 0 Å². The summed E-state index contributed by atoms with van der Waals surface area (Å²) in [6.07, 6.45) is 5.05.